The molecule has 150 valence electrons. The van der Waals surface area contributed by atoms with Gasteiger partial charge in [-0.15, -0.1) is 0 Å². The number of likely N-dealkylation sites (tertiary alicyclic amines) is 1. The number of rotatable bonds is 4. The quantitative estimate of drug-likeness (QED) is 0.846. The van der Waals surface area contributed by atoms with Gasteiger partial charge in [-0.2, -0.15) is 0 Å². The Morgan fingerprint density at radius 3 is 2.61 bits per heavy atom. The SMILES string of the molecule is Cc1onc(-c2ccccc2Cl)c1C(=O)NCC1CCN(C(=O)N(C)C)CC1. The Hall–Kier alpha value is -2.54. The zero-order valence-electron chi connectivity index (χ0n) is 16.4. The van der Waals surface area contributed by atoms with E-state index in [1.807, 2.05) is 23.1 Å². The Bertz CT molecular complexity index is 857. The number of aromatic nitrogens is 1. The van der Waals surface area contributed by atoms with Crippen LogP contribution in [0.2, 0.25) is 5.02 Å². The highest BCUT2D eigenvalue weighted by Gasteiger charge is 2.26. The number of hydrogen-bond donors (Lipinski definition) is 1. The average molecular weight is 405 g/mol. The van der Waals surface area contributed by atoms with E-state index in [9.17, 15) is 9.59 Å². The minimum Gasteiger partial charge on any atom is -0.360 e. The number of piperidine rings is 1. The Balaban J connectivity index is 1.62. The lowest BCUT2D eigenvalue weighted by molar-refractivity contribution is 0.0934. The second-order valence-corrected chi connectivity index (χ2v) is 7.67. The molecule has 0 aliphatic carbocycles. The zero-order valence-corrected chi connectivity index (χ0v) is 17.1. The first-order valence-corrected chi connectivity index (χ1v) is 9.72. The molecule has 28 heavy (non-hydrogen) atoms. The molecule has 3 rings (SSSR count). The van der Waals surface area contributed by atoms with Crippen LogP contribution in [0.15, 0.2) is 28.8 Å². The molecule has 0 atom stereocenters. The standard InChI is InChI=1S/C20H25ClN4O3/c1-13-17(18(23-28-13)15-6-4-5-7-16(15)21)19(26)22-12-14-8-10-25(11-9-14)20(27)24(2)3/h4-7,14H,8-12H2,1-3H3,(H,22,26). The summed E-state index contributed by atoms with van der Waals surface area (Å²) in [6, 6.07) is 7.27. The maximum absolute atomic E-state index is 12.8. The number of halogens is 1. The van der Waals surface area contributed by atoms with Crippen molar-refractivity contribution in [3.05, 3.63) is 40.6 Å². The third kappa shape index (κ3) is 4.30. The van der Waals surface area contributed by atoms with Crippen LogP contribution in [0.4, 0.5) is 4.79 Å². The fourth-order valence-corrected chi connectivity index (χ4v) is 3.64. The molecule has 2 aromatic rings. The van der Waals surface area contributed by atoms with Crippen molar-refractivity contribution in [3.8, 4) is 11.3 Å². The summed E-state index contributed by atoms with van der Waals surface area (Å²) in [4.78, 5) is 28.3. The van der Waals surface area contributed by atoms with Crippen LogP contribution in [0.5, 0.6) is 0 Å². The molecule has 3 amide bonds. The molecule has 1 fully saturated rings. The fourth-order valence-electron chi connectivity index (χ4n) is 3.41. The van der Waals surface area contributed by atoms with Crippen LogP contribution in [0.3, 0.4) is 0 Å². The van der Waals surface area contributed by atoms with Crippen molar-refractivity contribution in [3.63, 3.8) is 0 Å². The van der Waals surface area contributed by atoms with E-state index in [1.54, 1.807) is 32.0 Å². The minimum atomic E-state index is -0.222. The van der Waals surface area contributed by atoms with Gasteiger partial charge in [0.15, 0.2) is 0 Å². The molecule has 1 N–H and O–H groups in total. The van der Waals surface area contributed by atoms with Crippen molar-refractivity contribution in [1.29, 1.82) is 0 Å². The smallest absolute Gasteiger partial charge is 0.319 e. The number of carbonyl (C=O) groups is 2. The van der Waals surface area contributed by atoms with Crippen LogP contribution in [0.25, 0.3) is 11.3 Å². The van der Waals surface area contributed by atoms with Gasteiger partial charge in [0.2, 0.25) is 0 Å². The summed E-state index contributed by atoms with van der Waals surface area (Å²) < 4.78 is 5.26. The predicted molar refractivity (Wildman–Crippen MR) is 107 cm³/mol. The van der Waals surface area contributed by atoms with Crippen molar-refractivity contribution in [2.45, 2.75) is 19.8 Å². The van der Waals surface area contributed by atoms with Crippen molar-refractivity contribution < 1.29 is 14.1 Å². The number of carbonyl (C=O) groups excluding carboxylic acids is 2. The number of benzene rings is 1. The first-order valence-electron chi connectivity index (χ1n) is 9.34. The predicted octanol–water partition coefficient (Wildman–Crippen LogP) is 3.43. The van der Waals surface area contributed by atoms with Gasteiger partial charge in [0.25, 0.3) is 5.91 Å². The highest BCUT2D eigenvalue weighted by molar-refractivity contribution is 6.33. The molecule has 8 heteroatoms. The summed E-state index contributed by atoms with van der Waals surface area (Å²) >= 11 is 6.26. The van der Waals surface area contributed by atoms with Gasteiger partial charge in [0, 0.05) is 39.3 Å². The largest absolute Gasteiger partial charge is 0.360 e. The van der Waals surface area contributed by atoms with E-state index in [-0.39, 0.29) is 11.9 Å². The average Bonchev–Trinajstić information content (AvgIpc) is 3.07. The topological polar surface area (TPSA) is 78.7 Å². The number of aryl methyl sites for hydroxylation is 1. The normalized spacial score (nSPS) is 14.8. The molecule has 0 radical (unpaired) electrons. The van der Waals surface area contributed by atoms with E-state index >= 15 is 0 Å². The van der Waals surface area contributed by atoms with Crippen LogP contribution in [-0.4, -0.2) is 60.6 Å². The molecular formula is C20H25ClN4O3. The van der Waals surface area contributed by atoms with E-state index < -0.39 is 0 Å². The second-order valence-electron chi connectivity index (χ2n) is 7.26. The Kier molecular flexibility index (Phi) is 6.24. The summed E-state index contributed by atoms with van der Waals surface area (Å²) in [5, 5.41) is 7.55. The summed E-state index contributed by atoms with van der Waals surface area (Å²) in [6.07, 6.45) is 1.72. The van der Waals surface area contributed by atoms with Gasteiger partial charge in [-0.1, -0.05) is 35.0 Å². The van der Waals surface area contributed by atoms with Gasteiger partial charge in [-0.3, -0.25) is 4.79 Å². The number of hydrogen-bond acceptors (Lipinski definition) is 4. The van der Waals surface area contributed by atoms with Crippen LogP contribution in [-0.2, 0) is 0 Å². The molecule has 0 saturated carbocycles. The van der Waals surface area contributed by atoms with E-state index in [0.29, 0.717) is 53.2 Å². The van der Waals surface area contributed by atoms with Gasteiger partial charge < -0.3 is 19.6 Å². The second kappa shape index (κ2) is 8.65. The molecular weight excluding hydrogens is 380 g/mol. The number of urea groups is 1. The van der Waals surface area contributed by atoms with Crippen molar-refractivity contribution >= 4 is 23.5 Å². The van der Waals surface area contributed by atoms with Crippen LogP contribution < -0.4 is 5.32 Å². The minimum absolute atomic E-state index is 0.0342. The van der Waals surface area contributed by atoms with Crippen molar-refractivity contribution in [1.82, 2.24) is 20.3 Å². The molecule has 0 bridgehead atoms. The maximum atomic E-state index is 12.8. The van der Waals surface area contributed by atoms with Gasteiger partial charge in [-0.25, -0.2) is 4.79 Å². The third-order valence-corrected chi connectivity index (χ3v) is 5.37. The van der Waals surface area contributed by atoms with Crippen molar-refractivity contribution in [2.24, 2.45) is 5.92 Å². The first-order chi connectivity index (χ1) is 13.4. The van der Waals surface area contributed by atoms with E-state index in [2.05, 4.69) is 10.5 Å². The zero-order chi connectivity index (χ0) is 20.3. The molecule has 1 aromatic carbocycles. The molecule has 0 unspecified atom stereocenters. The highest BCUT2D eigenvalue weighted by atomic mass is 35.5. The monoisotopic (exact) mass is 404 g/mol. The summed E-state index contributed by atoms with van der Waals surface area (Å²) in [5.74, 6) is 0.568. The van der Waals surface area contributed by atoms with Gasteiger partial charge in [0.05, 0.1) is 5.02 Å². The summed E-state index contributed by atoms with van der Waals surface area (Å²) in [5.41, 5.74) is 1.53. The third-order valence-electron chi connectivity index (χ3n) is 5.04. The Morgan fingerprint density at radius 2 is 1.96 bits per heavy atom. The van der Waals surface area contributed by atoms with Crippen LogP contribution >= 0.6 is 11.6 Å². The lowest BCUT2D eigenvalue weighted by Gasteiger charge is -2.33. The maximum Gasteiger partial charge on any atom is 0.319 e. The first kappa shape index (κ1) is 20.2. The number of nitrogens with one attached hydrogen (secondary N) is 1. The summed E-state index contributed by atoms with van der Waals surface area (Å²) in [6.45, 7) is 3.67. The lowest BCUT2D eigenvalue weighted by atomic mass is 9.96. The Labute approximate surface area is 169 Å². The number of nitrogens with zero attached hydrogens (tertiary/aromatic N) is 3. The van der Waals surface area contributed by atoms with Crippen LogP contribution in [0, 0.1) is 12.8 Å². The fraction of sp³-hybridized carbons (Fsp3) is 0.450. The molecule has 1 aromatic heterocycles. The van der Waals surface area contributed by atoms with Gasteiger partial charge >= 0.3 is 6.03 Å². The molecule has 2 heterocycles. The number of amides is 3. The summed E-state index contributed by atoms with van der Waals surface area (Å²) in [7, 11) is 3.51. The molecule has 1 aliphatic rings. The van der Waals surface area contributed by atoms with E-state index in [1.165, 1.54) is 0 Å². The van der Waals surface area contributed by atoms with E-state index in [4.69, 9.17) is 16.1 Å². The van der Waals surface area contributed by atoms with Gasteiger partial charge in [-0.05, 0) is 31.7 Å². The molecule has 1 aliphatic heterocycles. The molecule has 7 nitrogen and oxygen atoms in total. The molecule has 0 spiro atoms. The van der Waals surface area contributed by atoms with Crippen molar-refractivity contribution in [2.75, 3.05) is 33.7 Å². The van der Waals surface area contributed by atoms with Crippen LogP contribution in [0.1, 0.15) is 29.0 Å². The Morgan fingerprint density at radius 1 is 1.29 bits per heavy atom. The lowest BCUT2D eigenvalue weighted by Crippen LogP contribution is -2.45. The highest BCUT2D eigenvalue weighted by Crippen LogP contribution is 2.31. The molecule has 1 saturated heterocycles. The van der Waals surface area contributed by atoms with Gasteiger partial charge in [0.1, 0.15) is 17.0 Å². The van der Waals surface area contributed by atoms with E-state index in [0.717, 1.165) is 12.8 Å².